The van der Waals surface area contributed by atoms with Gasteiger partial charge in [0.05, 0.1) is 12.2 Å². The van der Waals surface area contributed by atoms with Crippen LogP contribution in [0.3, 0.4) is 0 Å². The van der Waals surface area contributed by atoms with Crippen molar-refractivity contribution in [3.05, 3.63) is 0 Å². The highest BCUT2D eigenvalue weighted by Crippen LogP contribution is 2.33. The molecule has 1 saturated carbocycles. The van der Waals surface area contributed by atoms with Crippen LogP contribution in [0.2, 0.25) is 0 Å². The Labute approximate surface area is 86.6 Å². The molecule has 1 aliphatic carbocycles. The fourth-order valence-corrected chi connectivity index (χ4v) is 2.64. The van der Waals surface area contributed by atoms with Crippen molar-refractivity contribution in [3.63, 3.8) is 0 Å². The second kappa shape index (κ2) is 3.80. The Morgan fingerprint density at radius 1 is 1.43 bits per heavy atom. The molecule has 0 amide bonds. The van der Waals surface area contributed by atoms with Crippen LogP contribution in [-0.4, -0.2) is 42.8 Å². The van der Waals surface area contributed by atoms with Gasteiger partial charge in [0, 0.05) is 19.1 Å². The highest BCUT2D eigenvalue weighted by Gasteiger charge is 2.38. The van der Waals surface area contributed by atoms with Crippen molar-refractivity contribution in [2.24, 2.45) is 11.7 Å². The predicted octanol–water partition coefficient (Wildman–Crippen LogP) is 0.835. The summed E-state index contributed by atoms with van der Waals surface area (Å²) in [5.41, 5.74) is 5.78. The van der Waals surface area contributed by atoms with E-state index in [1.165, 1.54) is 12.8 Å². The van der Waals surface area contributed by atoms with E-state index in [1.807, 2.05) is 0 Å². The van der Waals surface area contributed by atoms with E-state index in [-0.39, 0.29) is 5.60 Å². The minimum atomic E-state index is 0.0347. The minimum absolute atomic E-state index is 0.0347. The number of ether oxygens (including phenoxy) is 1. The second-order valence-electron chi connectivity index (χ2n) is 5.22. The van der Waals surface area contributed by atoms with Gasteiger partial charge in [-0.1, -0.05) is 0 Å². The number of morpholine rings is 1. The smallest absolute Gasteiger partial charge is 0.0753 e. The molecule has 2 unspecified atom stereocenters. The molecule has 1 aliphatic heterocycles. The quantitative estimate of drug-likeness (QED) is 0.714. The van der Waals surface area contributed by atoms with Crippen molar-refractivity contribution in [3.8, 4) is 0 Å². The first-order chi connectivity index (χ1) is 6.62. The van der Waals surface area contributed by atoms with Crippen LogP contribution < -0.4 is 5.73 Å². The first-order valence-electron chi connectivity index (χ1n) is 5.70. The van der Waals surface area contributed by atoms with Gasteiger partial charge in [0.15, 0.2) is 0 Å². The van der Waals surface area contributed by atoms with E-state index in [2.05, 4.69) is 18.7 Å². The van der Waals surface area contributed by atoms with Gasteiger partial charge < -0.3 is 10.5 Å². The maximum Gasteiger partial charge on any atom is 0.0753 e. The standard InChI is InChI=1S/C11H22N2O/c1-11(2)8-13(5-6-14-11)10-4-3-9(10)7-12/h9-10H,3-8,12H2,1-2H3. The Hall–Kier alpha value is -0.120. The van der Waals surface area contributed by atoms with Crippen LogP contribution >= 0.6 is 0 Å². The molecule has 2 fully saturated rings. The van der Waals surface area contributed by atoms with Crippen molar-refractivity contribution in [2.45, 2.75) is 38.3 Å². The number of hydrogen-bond acceptors (Lipinski definition) is 3. The molecule has 0 spiro atoms. The summed E-state index contributed by atoms with van der Waals surface area (Å²) < 4.78 is 5.71. The number of hydrogen-bond donors (Lipinski definition) is 1. The molecule has 0 bridgehead atoms. The van der Waals surface area contributed by atoms with Crippen molar-refractivity contribution in [1.29, 1.82) is 0 Å². The summed E-state index contributed by atoms with van der Waals surface area (Å²) in [7, 11) is 0. The van der Waals surface area contributed by atoms with Crippen LogP contribution in [-0.2, 0) is 4.74 Å². The molecule has 0 radical (unpaired) electrons. The fourth-order valence-electron chi connectivity index (χ4n) is 2.64. The van der Waals surface area contributed by atoms with Gasteiger partial charge in [0.25, 0.3) is 0 Å². The average molecular weight is 198 g/mol. The van der Waals surface area contributed by atoms with Crippen molar-refractivity contribution in [1.82, 2.24) is 4.90 Å². The van der Waals surface area contributed by atoms with E-state index >= 15 is 0 Å². The Bertz CT molecular complexity index is 203. The molecule has 1 saturated heterocycles. The Morgan fingerprint density at radius 3 is 2.71 bits per heavy atom. The Balaban J connectivity index is 1.91. The lowest BCUT2D eigenvalue weighted by Gasteiger charge is -2.49. The number of nitrogens with two attached hydrogens (primary N) is 1. The Morgan fingerprint density at radius 2 is 2.21 bits per heavy atom. The van der Waals surface area contributed by atoms with Gasteiger partial charge in [-0.3, -0.25) is 4.90 Å². The first-order valence-corrected chi connectivity index (χ1v) is 5.70. The zero-order valence-corrected chi connectivity index (χ0v) is 9.33. The van der Waals surface area contributed by atoms with Crippen LogP contribution in [0.5, 0.6) is 0 Å². The molecule has 2 aliphatic rings. The van der Waals surface area contributed by atoms with Crippen LogP contribution in [0.4, 0.5) is 0 Å². The molecule has 2 atom stereocenters. The molecule has 0 aromatic rings. The monoisotopic (exact) mass is 198 g/mol. The topological polar surface area (TPSA) is 38.5 Å². The first kappa shape index (κ1) is 10.4. The third kappa shape index (κ3) is 1.95. The molecule has 0 aromatic carbocycles. The molecule has 3 heteroatoms. The maximum absolute atomic E-state index is 5.74. The molecular formula is C11H22N2O. The van der Waals surface area contributed by atoms with E-state index in [1.54, 1.807) is 0 Å². The zero-order valence-electron chi connectivity index (χ0n) is 9.33. The highest BCUT2D eigenvalue weighted by molar-refractivity contribution is 4.93. The van der Waals surface area contributed by atoms with Crippen molar-refractivity contribution < 1.29 is 4.74 Å². The summed E-state index contributed by atoms with van der Waals surface area (Å²) in [5, 5.41) is 0. The highest BCUT2D eigenvalue weighted by atomic mass is 16.5. The summed E-state index contributed by atoms with van der Waals surface area (Å²) in [4.78, 5) is 2.57. The summed E-state index contributed by atoms with van der Waals surface area (Å²) >= 11 is 0. The van der Waals surface area contributed by atoms with Gasteiger partial charge in [0.1, 0.15) is 0 Å². The van der Waals surface area contributed by atoms with Gasteiger partial charge >= 0.3 is 0 Å². The fraction of sp³-hybridized carbons (Fsp3) is 1.00. The van der Waals surface area contributed by atoms with Gasteiger partial charge in [-0.15, -0.1) is 0 Å². The average Bonchev–Trinajstić information content (AvgIpc) is 2.00. The number of rotatable bonds is 2. The van der Waals surface area contributed by atoms with Crippen LogP contribution in [0.1, 0.15) is 26.7 Å². The van der Waals surface area contributed by atoms with E-state index < -0.39 is 0 Å². The summed E-state index contributed by atoms with van der Waals surface area (Å²) in [6.45, 7) is 8.23. The minimum Gasteiger partial charge on any atom is -0.373 e. The van der Waals surface area contributed by atoms with E-state index in [0.29, 0.717) is 0 Å². The summed E-state index contributed by atoms with van der Waals surface area (Å²) in [6, 6.07) is 0.739. The van der Waals surface area contributed by atoms with Gasteiger partial charge in [-0.25, -0.2) is 0 Å². The van der Waals surface area contributed by atoms with Crippen LogP contribution in [0.25, 0.3) is 0 Å². The molecule has 3 nitrogen and oxygen atoms in total. The van der Waals surface area contributed by atoms with Gasteiger partial charge in [0.2, 0.25) is 0 Å². The lowest BCUT2D eigenvalue weighted by Crippen LogP contribution is -2.58. The van der Waals surface area contributed by atoms with Gasteiger partial charge in [-0.2, -0.15) is 0 Å². The van der Waals surface area contributed by atoms with Crippen LogP contribution in [0.15, 0.2) is 0 Å². The second-order valence-corrected chi connectivity index (χ2v) is 5.22. The third-order valence-corrected chi connectivity index (χ3v) is 3.60. The SMILES string of the molecule is CC1(C)CN(C2CCC2CN)CCO1. The molecule has 1 heterocycles. The zero-order chi connectivity index (χ0) is 10.2. The normalized spacial score (nSPS) is 37.9. The molecule has 2 N–H and O–H groups in total. The lowest BCUT2D eigenvalue weighted by atomic mass is 9.78. The lowest BCUT2D eigenvalue weighted by molar-refractivity contribution is -0.114. The van der Waals surface area contributed by atoms with E-state index in [0.717, 1.165) is 38.2 Å². The van der Waals surface area contributed by atoms with Gasteiger partial charge in [-0.05, 0) is 39.2 Å². The van der Waals surface area contributed by atoms with Crippen molar-refractivity contribution in [2.75, 3.05) is 26.2 Å². The predicted molar refractivity (Wildman–Crippen MR) is 57.2 cm³/mol. The largest absolute Gasteiger partial charge is 0.373 e. The third-order valence-electron chi connectivity index (χ3n) is 3.60. The molecule has 14 heavy (non-hydrogen) atoms. The number of nitrogens with zero attached hydrogens (tertiary/aromatic N) is 1. The summed E-state index contributed by atoms with van der Waals surface area (Å²) in [6.07, 6.45) is 2.65. The molecule has 82 valence electrons. The summed E-state index contributed by atoms with van der Waals surface area (Å²) in [5.74, 6) is 0.740. The van der Waals surface area contributed by atoms with Crippen LogP contribution in [0, 0.1) is 5.92 Å². The molecule has 2 rings (SSSR count). The molecule has 0 aromatic heterocycles. The van der Waals surface area contributed by atoms with E-state index in [4.69, 9.17) is 10.5 Å². The molecular weight excluding hydrogens is 176 g/mol. The van der Waals surface area contributed by atoms with E-state index in [9.17, 15) is 0 Å². The Kier molecular flexibility index (Phi) is 2.82. The van der Waals surface area contributed by atoms with Crippen molar-refractivity contribution >= 4 is 0 Å². The maximum atomic E-state index is 5.74.